The summed E-state index contributed by atoms with van der Waals surface area (Å²) in [4.78, 5) is 4.22. The first-order valence-electron chi connectivity index (χ1n) is 6.09. The molecule has 0 amide bonds. The predicted molar refractivity (Wildman–Crippen MR) is 68.5 cm³/mol. The number of ether oxygens (including phenoxy) is 1. The van der Waals surface area contributed by atoms with Gasteiger partial charge in [-0.3, -0.25) is 0 Å². The van der Waals surface area contributed by atoms with Gasteiger partial charge in [0.05, 0.1) is 7.11 Å². The van der Waals surface area contributed by atoms with E-state index >= 15 is 0 Å². The summed E-state index contributed by atoms with van der Waals surface area (Å²) in [6.45, 7) is 0.853. The molecule has 1 aliphatic heterocycles. The highest BCUT2D eigenvalue weighted by atomic mass is 16.5. The number of benzene rings is 1. The highest BCUT2D eigenvalue weighted by Crippen LogP contribution is 2.29. The first kappa shape index (κ1) is 11.1. The highest BCUT2D eigenvalue weighted by Gasteiger charge is 2.22. The maximum Gasteiger partial charge on any atom is 0.239 e. The minimum Gasteiger partial charge on any atom is -0.497 e. The number of aryl methyl sites for hydroxylation is 1. The first-order valence-corrected chi connectivity index (χ1v) is 6.09. The van der Waals surface area contributed by atoms with Crippen LogP contribution in [-0.2, 0) is 13.0 Å². The van der Waals surface area contributed by atoms with E-state index < -0.39 is 0 Å². The van der Waals surface area contributed by atoms with Gasteiger partial charge in [0.25, 0.3) is 0 Å². The highest BCUT2D eigenvalue weighted by molar-refractivity contribution is 5.30. The van der Waals surface area contributed by atoms with Gasteiger partial charge in [-0.2, -0.15) is 4.98 Å². The molecule has 0 saturated carbocycles. The number of aromatic nitrogens is 3. The SMILES string of the molecule is COc1ccc(C2CCc3nc(N)nn3C2)cc1. The minimum absolute atomic E-state index is 0.375. The molecule has 3 rings (SSSR count). The summed E-state index contributed by atoms with van der Waals surface area (Å²) in [6.07, 6.45) is 2.02. The van der Waals surface area contributed by atoms with E-state index in [0.717, 1.165) is 31.0 Å². The van der Waals surface area contributed by atoms with Gasteiger partial charge in [-0.1, -0.05) is 12.1 Å². The summed E-state index contributed by atoms with van der Waals surface area (Å²) < 4.78 is 7.10. The maximum atomic E-state index is 5.62. The second kappa shape index (κ2) is 4.33. The molecule has 0 saturated heterocycles. The predicted octanol–water partition coefficient (Wildman–Crippen LogP) is 1.60. The van der Waals surface area contributed by atoms with Gasteiger partial charge in [0, 0.05) is 18.9 Å². The zero-order valence-corrected chi connectivity index (χ0v) is 10.3. The number of fused-ring (bicyclic) bond motifs is 1. The Bertz CT molecular complexity index is 547. The molecule has 0 fully saturated rings. The van der Waals surface area contributed by atoms with Gasteiger partial charge in [-0.25, -0.2) is 4.68 Å². The molecule has 1 aliphatic rings. The number of hydrogen-bond acceptors (Lipinski definition) is 4. The van der Waals surface area contributed by atoms with Gasteiger partial charge >= 0.3 is 0 Å². The Morgan fingerprint density at radius 2 is 2.11 bits per heavy atom. The van der Waals surface area contributed by atoms with Crippen molar-refractivity contribution in [2.45, 2.75) is 25.3 Å². The Hall–Kier alpha value is -2.04. The van der Waals surface area contributed by atoms with E-state index in [-0.39, 0.29) is 0 Å². The normalized spacial score (nSPS) is 18.4. The Labute approximate surface area is 106 Å². The Balaban J connectivity index is 1.82. The average molecular weight is 244 g/mol. The summed E-state index contributed by atoms with van der Waals surface area (Å²) in [6, 6.07) is 8.24. The number of nitrogens with zero attached hydrogens (tertiary/aromatic N) is 3. The third-order valence-corrected chi connectivity index (χ3v) is 3.46. The van der Waals surface area contributed by atoms with Crippen molar-refractivity contribution in [1.82, 2.24) is 14.8 Å². The van der Waals surface area contributed by atoms with Crippen LogP contribution in [0, 0.1) is 0 Å². The number of anilines is 1. The molecule has 1 atom stereocenters. The van der Waals surface area contributed by atoms with E-state index in [0.29, 0.717) is 11.9 Å². The Morgan fingerprint density at radius 1 is 1.33 bits per heavy atom. The van der Waals surface area contributed by atoms with Crippen LogP contribution in [0.15, 0.2) is 24.3 Å². The van der Waals surface area contributed by atoms with Crippen LogP contribution in [0.25, 0.3) is 0 Å². The van der Waals surface area contributed by atoms with Crippen LogP contribution < -0.4 is 10.5 Å². The summed E-state index contributed by atoms with van der Waals surface area (Å²) in [5.74, 6) is 2.74. The van der Waals surface area contributed by atoms with E-state index in [1.54, 1.807) is 7.11 Å². The lowest BCUT2D eigenvalue weighted by molar-refractivity contribution is 0.411. The molecule has 5 heteroatoms. The lowest BCUT2D eigenvalue weighted by Gasteiger charge is -2.22. The minimum atomic E-state index is 0.375. The largest absolute Gasteiger partial charge is 0.497 e. The Kier molecular flexibility index (Phi) is 2.66. The fourth-order valence-electron chi connectivity index (χ4n) is 2.48. The van der Waals surface area contributed by atoms with Crippen LogP contribution in [0.3, 0.4) is 0 Å². The van der Waals surface area contributed by atoms with Crippen LogP contribution >= 0.6 is 0 Å². The summed E-state index contributed by atoms with van der Waals surface area (Å²) in [7, 11) is 1.68. The van der Waals surface area contributed by atoms with Gasteiger partial charge in [-0.05, 0) is 24.1 Å². The van der Waals surface area contributed by atoms with Gasteiger partial charge in [0.15, 0.2) is 0 Å². The van der Waals surface area contributed by atoms with Crippen LogP contribution in [-0.4, -0.2) is 21.9 Å². The monoisotopic (exact) mass is 244 g/mol. The van der Waals surface area contributed by atoms with Gasteiger partial charge in [-0.15, -0.1) is 5.10 Å². The zero-order chi connectivity index (χ0) is 12.5. The Morgan fingerprint density at radius 3 is 2.83 bits per heavy atom. The lowest BCUT2D eigenvalue weighted by atomic mass is 9.92. The molecule has 2 heterocycles. The third-order valence-electron chi connectivity index (χ3n) is 3.46. The molecular weight excluding hydrogens is 228 g/mol. The first-order chi connectivity index (χ1) is 8.76. The molecule has 1 aromatic heterocycles. The average Bonchev–Trinajstić information content (AvgIpc) is 2.78. The second-order valence-electron chi connectivity index (χ2n) is 4.58. The summed E-state index contributed by atoms with van der Waals surface area (Å²) >= 11 is 0. The molecule has 94 valence electrons. The molecule has 0 radical (unpaired) electrons. The number of hydrogen-bond donors (Lipinski definition) is 1. The molecule has 1 unspecified atom stereocenters. The topological polar surface area (TPSA) is 66.0 Å². The molecule has 0 spiro atoms. The molecule has 18 heavy (non-hydrogen) atoms. The van der Waals surface area contributed by atoms with Crippen molar-refractivity contribution < 1.29 is 4.74 Å². The standard InChI is InChI=1S/C13H16N4O/c1-18-11-5-2-9(3-6-11)10-4-7-12-15-13(14)16-17(12)8-10/h2-3,5-6,10H,4,7-8H2,1H3,(H2,14,16). The molecular formula is C13H16N4O. The van der Waals surface area contributed by atoms with Crippen molar-refractivity contribution >= 4 is 5.95 Å². The third kappa shape index (κ3) is 1.92. The fourth-order valence-corrected chi connectivity index (χ4v) is 2.48. The maximum absolute atomic E-state index is 5.62. The number of rotatable bonds is 2. The smallest absolute Gasteiger partial charge is 0.239 e. The van der Waals surface area contributed by atoms with Crippen LogP contribution in [0.4, 0.5) is 5.95 Å². The molecule has 0 bridgehead atoms. The number of nitrogen functional groups attached to an aromatic ring is 1. The molecule has 1 aromatic carbocycles. The number of nitrogens with two attached hydrogens (primary N) is 1. The van der Waals surface area contributed by atoms with Crippen molar-refractivity contribution in [2.24, 2.45) is 0 Å². The van der Waals surface area contributed by atoms with Gasteiger partial charge in [0.2, 0.25) is 5.95 Å². The van der Waals surface area contributed by atoms with Crippen LogP contribution in [0.2, 0.25) is 0 Å². The van der Waals surface area contributed by atoms with E-state index in [9.17, 15) is 0 Å². The summed E-state index contributed by atoms with van der Waals surface area (Å²) in [5, 5.41) is 4.22. The van der Waals surface area contributed by atoms with Crippen molar-refractivity contribution in [1.29, 1.82) is 0 Å². The van der Waals surface area contributed by atoms with E-state index in [1.165, 1.54) is 5.56 Å². The van der Waals surface area contributed by atoms with Gasteiger partial charge < -0.3 is 10.5 Å². The number of methoxy groups -OCH3 is 1. The molecule has 2 aromatic rings. The molecule has 2 N–H and O–H groups in total. The quantitative estimate of drug-likeness (QED) is 0.871. The van der Waals surface area contributed by atoms with Crippen molar-refractivity contribution in [2.75, 3.05) is 12.8 Å². The van der Waals surface area contributed by atoms with Crippen molar-refractivity contribution in [3.8, 4) is 5.75 Å². The van der Waals surface area contributed by atoms with E-state index in [1.807, 2.05) is 16.8 Å². The van der Waals surface area contributed by atoms with Crippen LogP contribution in [0.5, 0.6) is 5.75 Å². The summed E-state index contributed by atoms with van der Waals surface area (Å²) in [5.41, 5.74) is 6.94. The van der Waals surface area contributed by atoms with E-state index in [4.69, 9.17) is 10.5 Å². The van der Waals surface area contributed by atoms with Crippen molar-refractivity contribution in [3.05, 3.63) is 35.7 Å². The van der Waals surface area contributed by atoms with Crippen LogP contribution in [0.1, 0.15) is 23.7 Å². The molecule has 0 aliphatic carbocycles. The zero-order valence-electron chi connectivity index (χ0n) is 10.3. The second-order valence-corrected chi connectivity index (χ2v) is 4.58. The lowest BCUT2D eigenvalue weighted by Crippen LogP contribution is -2.19. The van der Waals surface area contributed by atoms with Crippen molar-refractivity contribution in [3.63, 3.8) is 0 Å². The van der Waals surface area contributed by atoms with Gasteiger partial charge in [0.1, 0.15) is 11.6 Å². The van der Waals surface area contributed by atoms with E-state index in [2.05, 4.69) is 22.2 Å². The molecule has 5 nitrogen and oxygen atoms in total. The fraction of sp³-hybridized carbons (Fsp3) is 0.385.